The number of carbonyl (C=O) groups excluding carboxylic acids is 1. The van der Waals surface area contributed by atoms with Gasteiger partial charge in [0.05, 0.1) is 0 Å². The van der Waals surface area contributed by atoms with Gasteiger partial charge in [0.2, 0.25) is 5.91 Å². The lowest BCUT2D eigenvalue weighted by Gasteiger charge is -2.35. The summed E-state index contributed by atoms with van der Waals surface area (Å²) in [6.07, 6.45) is 4.07. The highest BCUT2D eigenvalue weighted by atomic mass is 19.1. The Labute approximate surface area is 154 Å². The molecule has 3 rings (SSSR count). The van der Waals surface area contributed by atoms with E-state index >= 15 is 0 Å². The topological polar surface area (TPSA) is 26.8 Å². The fraction of sp³-hybridized carbons (Fsp3) is 0.650. The van der Waals surface area contributed by atoms with Crippen LogP contribution in [0.2, 0.25) is 0 Å². The number of piperazine rings is 1. The van der Waals surface area contributed by atoms with Crippen molar-refractivity contribution in [1.29, 1.82) is 0 Å². The predicted molar refractivity (Wildman–Crippen MR) is 97.7 cm³/mol. The quantitative estimate of drug-likeness (QED) is 0.776. The fourth-order valence-corrected chi connectivity index (χ4v) is 3.97. The first-order valence-corrected chi connectivity index (χ1v) is 9.70. The number of amides is 1. The van der Waals surface area contributed by atoms with Crippen LogP contribution in [0, 0.1) is 11.6 Å². The molecule has 0 aliphatic carbocycles. The summed E-state index contributed by atoms with van der Waals surface area (Å²) in [6.45, 7) is 7.92. The van der Waals surface area contributed by atoms with Gasteiger partial charge in [-0.25, -0.2) is 8.78 Å². The lowest BCUT2D eigenvalue weighted by Crippen LogP contribution is -2.48. The molecule has 0 radical (unpaired) electrons. The number of halogens is 2. The van der Waals surface area contributed by atoms with Crippen molar-refractivity contribution in [3.05, 3.63) is 35.4 Å². The van der Waals surface area contributed by atoms with Gasteiger partial charge < -0.3 is 9.80 Å². The highest BCUT2D eigenvalue weighted by Crippen LogP contribution is 2.17. The smallest absolute Gasteiger partial charge is 0.222 e. The van der Waals surface area contributed by atoms with Crippen molar-refractivity contribution < 1.29 is 13.6 Å². The van der Waals surface area contributed by atoms with E-state index in [1.54, 1.807) is 0 Å². The van der Waals surface area contributed by atoms with E-state index in [9.17, 15) is 13.6 Å². The molecule has 1 amide bonds. The molecule has 144 valence electrons. The van der Waals surface area contributed by atoms with Crippen molar-refractivity contribution >= 4 is 5.91 Å². The minimum Gasteiger partial charge on any atom is -0.340 e. The largest absolute Gasteiger partial charge is 0.340 e. The normalized spacial score (nSPS) is 20.5. The zero-order valence-electron chi connectivity index (χ0n) is 15.6. The summed E-state index contributed by atoms with van der Waals surface area (Å²) in [5.41, 5.74) is 0.640. The minimum absolute atomic E-state index is 0.229. The van der Waals surface area contributed by atoms with Crippen LogP contribution >= 0.6 is 0 Å². The molecule has 1 aromatic carbocycles. The molecule has 2 saturated heterocycles. The first-order valence-electron chi connectivity index (χ1n) is 9.70. The number of hydrogen-bond donors (Lipinski definition) is 0. The van der Waals surface area contributed by atoms with Crippen molar-refractivity contribution in [2.45, 2.75) is 45.2 Å². The molecule has 2 aliphatic heterocycles. The second kappa shape index (κ2) is 8.91. The van der Waals surface area contributed by atoms with Gasteiger partial charge in [-0.05, 0) is 57.0 Å². The highest BCUT2D eigenvalue weighted by Gasteiger charge is 2.23. The molecule has 26 heavy (non-hydrogen) atoms. The number of benzene rings is 1. The van der Waals surface area contributed by atoms with Crippen LogP contribution in [0.25, 0.3) is 0 Å². The van der Waals surface area contributed by atoms with E-state index in [2.05, 4.69) is 16.7 Å². The Balaban J connectivity index is 1.40. The van der Waals surface area contributed by atoms with Crippen LogP contribution in [0.5, 0.6) is 0 Å². The second-order valence-corrected chi connectivity index (χ2v) is 7.57. The molecule has 1 aromatic rings. The third kappa shape index (κ3) is 5.24. The fourth-order valence-electron chi connectivity index (χ4n) is 3.97. The third-order valence-electron chi connectivity index (χ3n) is 5.59. The Bertz CT molecular complexity index is 591. The molecule has 2 heterocycles. The number of carbonyl (C=O) groups is 1. The highest BCUT2D eigenvalue weighted by molar-refractivity contribution is 5.76. The van der Waals surface area contributed by atoms with Gasteiger partial charge in [0.1, 0.15) is 11.6 Å². The van der Waals surface area contributed by atoms with Crippen molar-refractivity contribution in [3.8, 4) is 0 Å². The average molecular weight is 365 g/mol. The number of likely N-dealkylation sites (tertiary alicyclic amines) is 1. The molecule has 6 heteroatoms. The lowest BCUT2D eigenvalue weighted by molar-refractivity contribution is -0.133. The van der Waals surface area contributed by atoms with Crippen LogP contribution in [0.1, 0.15) is 38.2 Å². The van der Waals surface area contributed by atoms with Gasteiger partial charge in [-0.1, -0.05) is 0 Å². The maximum atomic E-state index is 13.3. The van der Waals surface area contributed by atoms with Gasteiger partial charge in [-0.3, -0.25) is 9.69 Å². The molecule has 0 spiro atoms. The lowest BCUT2D eigenvalue weighted by atomic mass is 10.1. The van der Waals surface area contributed by atoms with Gasteiger partial charge >= 0.3 is 0 Å². The predicted octanol–water partition coefficient (Wildman–Crippen LogP) is 2.87. The van der Waals surface area contributed by atoms with Gasteiger partial charge in [-0.15, -0.1) is 0 Å². The van der Waals surface area contributed by atoms with Crippen LogP contribution in [0.4, 0.5) is 8.78 Å². The first kappa shape index (κ1) is 19.2. The van der Waals surface area contributed by atoms with Crippen LogP contribution < -0.4 is 0 Å². The molecular formula is C20H29F2N3O. The Morgan fingerprint density at radius 3 is 2.23 bits per heavy atom. The van der Waals surface area contributed by atoms with E-state index in [1.807, 2.05) is 4.90 Å². The monoisotopic (exact) mass is 365 g/mol. The van der Waals surface area contributed by atoms with Crippen molar-refractivity contribution in [2.24, 2.45) is 0 Å². The molecule has 4 nitrogen and oxygen atoms in total. The standard InChI is InChI=1S/C20H29F2N3O/c1-16(24-6-2-3-7-24)4-5-20(26)25-10-8-23(9-11-25)15-17-12-18(21)14-19(22)13-17/h12-14,16H,2-11,15H2,1H3/t16-/m0/s1. The SMILES string of the molecule is C[C@@H](CCC(=O)N1CCN(Cc2cc(F)cc(F)c2)CC1)N1CCCC1. The van der Waals surface area contributed by atoms with Crippen molar-refractivity contribution in [1.82, 2.24) is 14.7 Å². The van der Waals surface area contributed by atoms with Crippen molar-refractivity contribution in [3.63, 3.8) is 0 Å². The maximum Gasteiger partial charge on any atom is 0.222 e. The summed E-state index contributed by atoms with van der Waals surface area (Å²) in [5, 5.41) is 0. The summed E-state index contributed by atoms with van der Waals surface area (Å²) in [6, 6.07) is 4.12. The Morgan fingerprint density at radius 2 is 1.62 bits per heavy atom. The minimum atomic E-state index is -0.541. The van der Waals surface area contributed by atoms with E-state index in [-0.39, 0.29) is 5.91 Å². The van der Waals surface area contributed by atoms with Gasteiger partial charge in [-0.2, -0.15) is 0 Å². The number of nitrogens with zero attached hydrogens (tertiary/aromatic N) is 3. The number of hydrogen-bond acceptors (Lipinski definition) is 3. The van der Waals surface area contributed by atoms with E-state index in [0.29, 0.717) is 37.7 Å². The van der Waals surface area contributed by atoms with Gasteiger partial charge in [0.25, 0.3) is 0 Å². The summed E-state index contributed by atoms with van der Waals surface area (Å²) >= 11 is 0. The third-order valence-corrected chi connectivity index (χ3v) is 5.59. The maximum absolute atomic E-state index is 13.3. The van der Waals surface area contributed by atoms with Gasteiger partial charge in [0.15, 0.2) is 0 Å². The Morgan fingerprint density at radius 1 is 1.00 bits per heavy atom. The molecule has 0 saturated carbocycles. The molecular weight excluding hydrogens is 336 g/mol. The van der Waals surface area contributed by atoms with E-state index < -0.39 is 11.6 Å². The Kier molecular flexibility index (Phi) is 6.59. The summed E-state index contributed by atoms with van der Waals surface area (Å²) in [5.74, 6) is -0.852. The molecule has 2 fully saturated rings. The first-order chi connectivity index (χ1) is 12.5. The summed E-state index contributed by atoms with van der Waals surface area (Å²) < 4.78 is 26.6. The molecule has 0 unspecified atom stereocenters. The van der Waals surface area contributed by atoms with Crippen LogP contribution in [-0.4, -0.2) is 65.9 Å². The zero-order valence-corrected chi connectivity index (χ0v) is 15.6. The molecule has 1 atom stereocenters. The molecule has 0 aromatic heterocycles. The zero-order chi connectivity index (χ0) is 18.5. The van der Waals surface area contributed by atoms with E-state index in [1.165, 1.54) is 25.0 Å². The molecule has 0 N–H and O–H groups in total. The molecule has 0 bridgehead atoms. The van der Waals surface area contributed by atoms with Crippen LogP contribution in [0.3, 0.4) is 0 Å². The van der Waals surface area contributed by atoms with Crippen molar-refractivity contribution in [2.75, 3.05) is 39.3 Å². The molecule has 2 aliphatic rings. The van der Waals surface area contributed by atoms with Crippen LogP contribution in [0.15, 0.2) is 18.2 Å². The number of rotatable bonds is 6. The van der Waals surface area contributed by atoms with E-state index in [0.717, 1.165) is 38.7 Å². The van der Waals surface area contributed by atoms with Gasteiger partial charge in [0, 0.05) is 51.3 Å². The van der Waals surface area contributed by atoms with E-state index in [4.69, 9.17) is 0 Å². The second-order valence-electron chi connectivity index (χ2n) is 7.57. The summed E-state index contributed by atoms with van der Waals surface area (Å²) in [4.78, 5) is 19.0. The Hall–Kier alpha value is -1.53. The van der Waals surface area contributed by atoms with Crippen LogP contribution in [-0.2, 0) is 11.3 Å². The summed E-state index contributed by atoms with van der Waals surface area (Å²) in [7, 11) is 0. The average Bonchev–Trinajstić information content (AvgIpc) is 3.14.